The van der Waals surface area contributed by atoms with Crippen molar-refractivity contribution in [3.05, 3.63) is 58.0 Å². The molecule has 0 bridgehead atoms. The van der Waals surface area contributed by atoms with E-state index in [2.05, 4.69) is 19.9 Å². The fourth-order valence-electron chi connectivity index (χ4n) is 3.05. The van der Waals surface area contributed by atoms with Gasteiger partial charge in [-0.2, -0.15) is 0 Å². The number of carbonyl (C=O) groups excluding carboxylic acids is 1. The molecule has 7 heteroatoms. The van der Waals surface area contributed by atoms with E-state index >= 15 is 0 Å². The van der Waals surface area contributed by atoms with Gasteiger partial charge in [0.25, 0.3) is 5.56 Å². The van der Waals surface area contributed by atoms with E-state index in [1.807, 2.05) is 24.3 Å². The highest BCUT2D eigenvalue weighted by Crippen LogP contribution is 2.16. The predicted octanol–water partition coefficient (Wildman–Crippen LogP) is 1.16. The average Bonchev–Trinajstić information content (AvgIpc) is 3.07. The highest BCUT2D eigenvalue weighted by molar-refractivity contribution is 5.77. The Hall–Kier alpha value is -2.96. The third-order valence-electron chi connectivity index (χ3n) is 4.37. The first kappa shape index (κ1) is 14.6. The molecule has 122 valence electrons. The molecule has 1 amide bonds. The molecule has 2 N–H and O–H groups in total. The summed E-state index contributed by atoms with van der Waals surface area (Å²) < 4.78 is 0. The maximum atomic E-state index is 12.4. The normalized spacial score (nSPS) is 13.9. The Morgan fingerprint density at radius 3 is 3.08 bits per heavy atom. The molecule has 0 spiro atoms. The van der Waals surface area contributed by atoms with Crippen LogP contribution in [0.15, 0.2) is 35.4 Å². The van der Waals surface area contributed by atoms with Crippen LogP contribution in [0.2, 0.25) is 0 Å². The summed E-state index contributed by atoms with van der Waals surface area (Å²) in [5, 5.41) is 0. The topological polar surface area (TPSA) is 94.7 Å². The first-order valence-corrected chi connectivity index (χ1v) is 7.97. The monoisotopic (exact) mass is 323 g/mol. The van der Waals surface area contributed by atoms with Crippen molar-refractivity contribution in [1.82, 2.24) is 24.8 Å². The van der Waals surface area contributed by atoms with E-state index in [-0.39, 0.29) is 17.9 Å². The Morgan fingerprint density at radius 2 is 2.17 bits per heavy atom. The molecular weight excluding hydrogens is 306 g/mol. The van der Waals surface area contributed by atoms with Crippen molar-refractivity contribution in [2.45, 2.75) is 25.8 Å². The van der Waals surface area contributed by atoms with Crippen molar-refractivity contribution in [3.63, 3.8) is 0 Å². The highest BCUT2D eigenvalue weighted by Gasteiger charge is 2.22. The largest absolute Gasteiger partial charge is 0.347 e. The molecular formula is C17H17N5O2. The summed E-state index contributed by atoms with van der Waals surface area (Å²) in [4.78, 5) is 40.8. The van der Waals surface area contributed by atoms with E-state index in [9.17, 15) is 9.59 Å². The van der Waals surface area contributed by atoms with Gasteiger partial charge in [0.15, 0.2) is 0 Å². The lowest BCUT2D eigenvalue weighted by Crippen LogP contribution is -2.36. The fraction of sp³-hybridized carbons (Fsp3) is 0.294. The Labute approximate surface area is 137 Å². The van der Waals surface area contributed by atoms with Gasteiger partial charge in [0, 0.05) is 25.8 Å². The number of amides is 1. The lowest BCUT2D eigenvalue weighted by Gasteiger charge is -2.26. The molecule has 1 aliphatic heterocycles. The predicted molar refractivity (Wildman–Crippen MR) is 88.4 cm³/mol. The van der Waals surface area contributed by atoms with Gasteiger partial charge in [-0.25, -0.2) is 9.97 Å². The number of nitrogens with zero attached hydrogens (tertiary/aromatic N) is 3. The maximum absolute atomic E-state index is 12.4. The number of H-pyrrole nitrogens is 2. The third-order valence-corrected chi connectivity index (χ3v) is 4.37. The van der Waals surface area contributed by atoms with Gasteiger partial charge in [-0.05, 0) is 12.1 Å². The van der Waals surface area contributed by atoms with Crippen molar-refractivity contribution < 1.29 is 4.79 Å². The summed E-state index contributed by atoms with van der Waals surface area (Å²) in [6.07, 6.45) is 3.04. The highest BCUT2D eigenvalue weighted by atomic mass is 16.2. The van der Waals surface area contributed by atoms with Gasteiger partial charge in [-0.3, -0.25) is 9.59 Å². The quantitative estimate of drug-likeness (QED) is 0.756. The summed E-state index contributed by atoms with van der Waals surface area (Å²) in [6, 6.07) is 7.39. The molecule has 1 aromatic carbocycles. The van der Waals surface area contributed by atoms with Crippen LogP contribution in [0.25, 0.3) is 11.0 Å². The zero-order valence-corrected chi connectivity index (χ0v) is 13.1. The van der Waals surface area contributed by atoms with Gasteiger partial charge in [0.1, 0.15) is 5.69 Å². The number of benzene rings is 1. The van der Waals surface area contributed by atoms with E-state index in [1.54, 1.807) is 11.2 Å². The van der Waals surface area contributed by atoms with Crippen LogP contribution >= 0.6 is 0 Å². The Kier molecular flexibility index (Phi) is 3.60. The number of fused-ring (bicyclic) bond motifs is 2. The number of para-hydroxylation sites is 2. The summed E-state index contributed by atoms with van der Waals surface area (Å²) in [7, 11) is 0. The molecule has 3 heterocycles. The number of rotatable bonds is 3. The SMILES string of the molecule is O=C(CCc1nc2ccccc2[nH]c1=O)N1CCc2nc[nH]c2C1. The van der Waals surface area contributed by atoms with Crippen molar-refractivity contribution >= 4 is 16.9 Å². The summed E-state index contributed by atoms with van der Waals surface area (Å²) in [5.41, 5.74) is 3.65. The first-order chi connectivity index (χ1) is 11.7. The minimum atomic E-state index is -0.226. The molecule has 7 nitrogen and oxygen atoms in total. The zero-order valence-electron chi connectivity index (χ0n) is 13.1. The van der Waals surface area contributed by atoms with Crippen molar-refractivity contribution in [2.75, 3.05) is 6.54 Å². The van der Waals surface area contributed by atoms with Crippen molar-refractivity contribution in [3.8, 4) is 0 Å². The molecule has 0 unspecified atom stereocenters. The standard InChI is InChI=1S/C17H17N5O2/c23-16(22-8-7-11-15(9-22)19-10-18-11)6-5-14-17(24)21-13-4-2-1-3-12(13)20-14/h1-4,10H,5-9H2,(H,18,19)(H,21,24). The van der Waals surface area contributed by atoms with Crippen LogP contribution in [0.4, 0.5) is 0 Å². The van der Waals surface area contributed by atoms with Crippen LogP contribution in [-0.2, 0) is 24.2 Å². The second-order valence-electron chi connectivity index (χ2n) is 5.92. The Bertz CT molecular complexity index is 959. The van der Waals surface area contributed by atoms with Crippen LogP contribution in [-0.4, -0.2) is 37.3 Å². The molecule has 3 aromatic rings. The van der Waals surface area contributed by atoms with Gasteiger partial charge < -0.3 is 14.9 Å². The number of carbonyl (C=O) groups is 1. The minimum absolute atomic E-state index is 0.0320. The summed E-state index contributed by atoms with van der Waals surface area (Å²) in [5.74, 6) is 0.0320. The summed E-state index contributed by atoms with van der Waals surface area (Å²) >= 11 is 0. The Morgan fingerprint density at radius 1 is 1.29 bits per heavy atom. The number of aryl methyl sites for hydroxylation is 1. The summed E-state index contributed by atoms with van der Waals surface area (Å²) in [6.45, 7) is 1.22. The minimum Gasteiger partial charge on any atom is -0.347 e. The molecule has 4 rings (SSSR count). The molecule has 0 atom stereocenters. The number of nitrogens with one attached hydrogen (secondary N) is 2. The molecule has 0 aliphatic carbocycles. The van der Waals surface area contributed by atoms with Crippen LogP contribution < -0.4 is 5.56 Å². The zero-order chi connectivity index (χ0) is 16.5. The van der Waals surface area contributed by atoms with E-state index < -0.39 is 0 Å². The van der Waals surface area contributed by atoms with Crippen LogP contribution in [0.5, 0.6) is 0 Å². The molecule has 2 aromatic heterocycles. The van der Waals surface area contributed by atoms with Gasteiger partial charge in [0.05, 0.1) is 35.3 Å². The van der Waals surface area contributed by atoms with Crippen molar-refractivity contribution in [2.24, 2.45) is 0 Å². The second-order valence-corrected chi connectivity index (χ2v) is 5.92. The van der Waals surface area contributed by atoms with E-state index in [0.29, 0.717) is 30.7 Å². The fourth-order valence-corrected chi connectivity index (χ4v) is 3.05. The van der Waals surface area contributed by atoms with Crippen LogP contribution in [0.1, 0.15) is 23.5 Å². The lowest BCUT2D eigenvalue weighted by atomic mass is 10.1. The number of imidazole rings is 1. The second kappa shape index (κ2) is 5.92. The van der Waals surface area contributed by atoms with Crippen molar-refractivity contribution in [1.29, 1.82) is 0 Å². The van der Waals surface area contributed by atoms with E-state index in [0.717, 1.165) is 23.3 Å². The van der Waals surface area contributed by atoms with Crippen LogP contribution in [0.3, 0.4) is 0 Å². The number of hydrogen-bond donors (Lipinski definition) is 2. The van der Waals surface area contributed by atoms with Gasteiger partial charge >= 0.3 is 0 Å². The molecule has 0 saturated carbocycles. The smallest absolute Gasteiger partial charge is 0.270 e. The average molecular weight is 323 g/mol. The first-order valence-electron chi connectivity index (χ1n) is 7.97. The Balaban J connectivity index is 1.46. The molecule has 24 heavy (non-hydrogen) atoms. The molecule has 0 fully saturated rings. The molecule has 0 saturated heterocycles. The number of aromatic amines is 2. The van der Waals surface area contributed by atoms with Gasteiger partial charge in [0.2, 0.25) is 5.91 Å². The van der Waals surface area contributed by atoms with Gasteiger partial charge in [-0.15, -0.1) is 0 Å². The number of aromatic nitrogens is 4. The molecule has 0 radical (unpaired) electrons. The number of hydrogen-bond acceptors (Lipinski definition) is 4. The third kappa shape index (κ3) is 2.68. The van der Waals surface area contributed by atoms with Gasteiger partial charge in [-0.1, -0.05) is 12.1 Å². The van der Waals surface area contributed by atoms with E-state index in [1.165, 1.54) is 0 Å². The van der Waals surface area contributed by atoms with E-state index in [4.69, 9.17) is 0 Å². The lowest BCUT2D eigenvalue weighted by molar-refractivity contribution is -0.132. The van der Waals surface area contributed by atoms with Crippen LogP contribution in [0, 0.1) is 0 Å². The molecule has 1 aliphatic rings. The maximum Gasteiger partial charge on any atom is 0.270 e.